The Morgan fingerprint density at radius 1 is 1.39 bits per heavy atom. The Bertz CT molecular complexity index is 328. The number of nitrogens with one attached hydrogen (secondary N) is 1. The summed E-state index contributed by atoms with van der Waals surface area (Å²) < 4.78 is 5.05. The Hall–Kier alpha value is -1.26. The van der Waals surface area contributed by atoms with Gasteiger partial charge in [0.2, 0.25) is 0 Å². The van der Waals surface area contributed by atoms with E-state index in [1.807, 2.05) is 0 Å². The Morgan fingerprint density at radius 3 is 2.33 bits per heavy atom. The lowest BCUT2D eigenvalue weighted by atomic mass is 9.99. The second-order valence-corrected chi connectivity index (χ2v) is 6.39. The molecule has 0 spiro atoms. The molecular formula is C13H23NO4. The van der Waals surface area contributed by atoms with Crippen molar-refractivity contribution in [3.8, 4) is 0 Å². The maximum absolute atomic E-state index is 11.5. The van der Waals surface area contributed by atoms with E-state index in [-0.39, 0.29) is 5.41 Å². The average molecular weight is 257 g/mol. The highest BCUT2D eigenvalue weighted by Crippen LogP contribution is 2.49. The van der Waals surface area contributed by atoms with Crippen molar-refractivity contribution >= 4 is 12.1 Å². The SMILES string of the molecule is CC1(CC[C@H](NC(=O)OC(C)(C)C)C(=O)O)CC1. The maximum atomic E-state index is 11.5. The molecular weight excluding hydrogens is 234 g/mol. The van der Waals surface area contributed by atoms with E-state index >= 15 is 0 Å². The molecule has 1 aliphatic carbocycles. The van der Waals surface area contributed by atoms with Crippen molar-refractivity contribution in [3.63, 3.8) is 0 Å². The van der Waals surface area contributed by atoms with Crippen LogP contribution in [-0.2, 0) is 9.53 Å². The standard InChI is InChI=1S/C13H23NO4/c1-12(2,3)18-11(17)14-9(10(15)16)5-6-13(4)7-8-13/h9H,5-8H2,1-4H3,(H,14,17)(H,15,16)/t9-/m0/s1. The fraction of sp³-hybridized carbons (Fsp3) is 0.846. The van der Waals surface area contributed by atoms with Gasteiger partial charge in [-0.15, -0.1) is 0 Å². The molecule has 1 atom stereocenters. The molecule has 5 heteroatoms. The number of hydrogen-bond acceptors (Lipinski definition) is 3. The van der Waals surface area contributed by atoms with Crippen LogP contribution in [0.3, 0.4) is 0 Å². The lowest BCUT2D eigenvalue weighted by Crippen LogP contribution is -2.43. The van der Waals surface area contributed by atoms with Crippen LogP contribution in [0.2, 0.25) is 0 Å². The third-order valence-electron chi connectivity index (χ3n) is 3.13. The van der Waals surface area contributed by atoms with Crippen LogP contribution in [0.25, 0.3) is 0 Å². The van der Waals surface area contributed by atoms with Gasteiger partial charge in [-0.3, -0.25) is 0 Å². The molecule has 0 saturated heterocycles. The Morgan fingerprint density at radius 2 is 1.94 bits per heavy atom. The number of ether oxygens (including phenoxy) is 1. The highest BCUT2D eigenvalue weighted by Gasteiger charge is 2.38. The summed E-state index contributed by atoms with van der Waals surface area (Å²) in [4.78, 5) is 22.6. The molecule has 0 aromatic rings. The summed E-state index contributed by atoms with van der Waals surface area (Å²) >= 11 is 0. The number of hydrogen-bond donors (Lipinski definition) is 2. The average Bonchev–Trinajstić information content (AvgIpc) is 2.88. The maximum Gasteiger partial charge on any atom is 0.408 e. The zero-order chi connectivity index (χ0) is 14.0. The molecule has 104 valence electrons. The van der Waals surface area contributed by atoms with Gasteiger partial charge in [-0.2, -0.15) is 0 Å². The smallest absolute Gasteiger partial charge is 0.408 e. The summed E-state index contributed by atoms with van der Waals surface area (Å²) in [6, 6.07) is -0.864. The van der Waals surface area contributed by atoms with Crippen molar-refractivity contribution in [2.24, 2.45) is 5.41 Å². The molecule has 0 aromatic heterocycles. The number of alkyl carbamates (subject to hydrolysis) is 1. The number of aliphatic carboxylic acids is 1. The first-order valence-electron chi connectivity index (χ1n) is 6.34. The molecule has 0 bridgehead atoms. The Balaban J connectivity index is 2.42. The van der Waals surface area contributed by atoms with Crippen LogP contribution in [0.5, 0.6) is 0 Å². The van der Waals surface area contributed by atoms with E-state index in [4.69, 9.17) is 9.84 Å². The minimum Gasteiger partial charge on any atom is -0.480 e. The summed E-state index contributed by atoms with van der Waals surface area (Å²) in [5, 5.41) is 11.5. The lowest BCUT2D eigenvalue weighted by molar-refractivity contribution is -0.139. The third kappa shape index (κ3) is 5.38. The molecule has 18 heavy (non-hydrogen) atoms. The van der Waals surface area contributed by atoms with E-state index in [0.717, 1.165) is 19.3 Å². The van der Waals surface area contributed by atoms with Gasteiger partial charge in [0.15, 0.2) is 0 Å². The molecule has 0 aliphatic heterocycles. The largest absolute Gasteiger partial charge is 0.480 e. The molecule has 1 aliphatic rings. The number of rotatable bonds is 5. The van der Waals surface area contributed by atoms with Gasteiger partial charge in [-0.05, 0) is 51.9 Å². The molecule has 0 aromatic carbocycles. The van der Waals surface area contributed by atoms with Crippen LogP contribution < -0.4 is 5.32 Å². The van der Waals surface area contributed by atoms with Crippen molar-refractivity contribution in [2.45, 2.75) is 65.0 Å². The fourth-order valence-corrected chi connectivity index (χ4v) is 1.66. The lowest BCUT2D eigenvalue weighted by Gasteiger charge is -2.22. The second-order valence-electron chi connectivity index (χ2n) is 6.39. The molecule has 0 radical (unpaired) electrons. The normalized spacial score (nSPS) is 18.9. The van der Waals surface area contributed by atoms with Gasteiger partial charge in [0.1, 0.15) is 11.6 Å². The van der Waals surface area contributed by atoms with Crippen LogP contribution in [0.4, 0.5) is 4.79 Å². The topological polar surface area (TPSA) is 75.6 Å². The molecule has 0 unspecified atom stereocenters. The molecule has 1 fully saturated rings. The highest BCUT2D eigenvalue weighted by atomic mass is 16.6. The molecule has 0 heterocycles. The molecule has 5 nitrogen and oxygen atoms in total. The van der Waals surface area contributed by atoms with Gasteiger partial charge >= 0.3 is 12.1 Å². The highest BCUT2D eigenvalue weighted by molar-refractivity contribution is 5.79. The zero-order valence-electron chi connectivity index (χ0n) is 11.6. The first-order chi connectivity index (χ1) is 8.11. The van der Waals surface area contributed by atoms with Crippen LogP contribution in [0.15, 0.2) is 0 Å². The summed E-state index contributed by atoms with van der Waals surface area (Å²) in [6.45, 7) is 7.37. The molecule has 2 N–H and O–H groups in total. The minimum absolute atomic E-state index is 0.281. The second kappa shape index (κ2) is 5.16. The zero-order valence-corrected chi connectivity index (χ0v) is 11.6. The first-order valence-corrected chi connectivity index (χ1v) is 6.34. The number of carbonyl (C=O) groups is 2. The van der Waals surface area contributed by atoms with Gasteiger partial charge in [0, 0.05) is 0 Å². The van der Waals surface area contributed by atoms with Gasteiger partial charge in [0.25, 0.3) is 0 Å². The van der Waals surface area contributed by atoms with E-state index in [9.17, 15) is 9.59 Å². The van der Waals surface area contributed by atoms with Crippen molar-refractivity contribution in [1.82, 2.24) is 5.32 Å². The molecule has 1 saturated carbocycles. The van der Waals surface area contributed by atoms with Crippen LogP contribution in [-0.4, -0.2) is 28.8 Å². The quantitative estimate of drug-likeness (QED) is 0.793. The van der Waals surface area contributed by atoms with Crippen molar-refractivity contribution in [1.29, 1.82) is 0 Å². The van der Waals surface area contributed by atoms with Crippen molar-refractivity contribution < 1.29 is 19.4 Å². The Kier molecular flexibility index (Phi) is 4.24. The van der Waals surface area contributed by atoms with E-state index in [0.29, 0.717) is 6.42 Å². The molecule has 1 rings (SSSR count). The van der Waals surface area contributed by atoms with Gasteiger partial charge in [0.05, 0.1) is 0 Å². The number of carboxylic acids is 1. The number of carbonyl (C=O) groups excluding carboxylic acids is 1. The van der Waals surface area contributed by atoms with Gasteiger partial charge in [-0.1, -0.05) is 6.92 Å². The van der Waals surface area contributed by atoms with E-state index < -0.39 is 23.7 Å². The summed E-state index contributed by atoms with van der Waals surface area (Å²) in [6.07, 6.45) is 2.89. The number of amides is 1. The summed E-state index contributed by atoms with van der Waals surface area (Å²) in [7, 11) is 0. The van der Waals surface area contributed by atoms with Crippen LogP contribution in [0.1, 0.15) is 53.4 Å². The van der Waals surface area contributed by atoms with Crippen molar-refractivity contribution in [2.75, 3.05) is 0 Å². The number of carboxylic acid groups (broad SMARTS) is 1. The first kappa shape index (κ1) is 14.8. The summed E-state index contributed by atoms with van der Waals surface area (Å²) in [5.41, 5.74) is -0.334. The van der Waals surface area contributed by atoms with E-state index in [1.54, 1.807) is 20.8 Å². The fourth-order valence-electron chi connectivity index (χ4n) is 1.66. The van der Waals surface area contributed by atoms with E-state index in [1.165, 1.54) is 0 Å². The van der Waals surface area contributed by atoms with Crippen LogP contribution in [0, 0.1) is 5.41 Å². The van der Waals surface area contributed by atoms with Crippen molar-refractivity contribution in [3.05, 3.63) is 0 Å². The van der Waals surface area contributed by atoms with E-state index in [2.05, 4.69) is 12.2 Å². The van der Waals surface area contributed by atoms with Gasteiger partial charge < -0.3 is 15.2 Å². The Labute approximate surface area is 108 Å². The summed E-state index contributed by atoms with van der Waals surface area (Å²) in [5.74, 6) is -1.01. The molecule has 1 amide bonds. The monoisotopic (exact) mass is 257 g/mol. The predicted octanol–water partition coefficient (Wildman–Crippen LogP) is 2.54. The third-order valence-corrected chi connectivity index (χ3v) is 3.13. The van der Waals surface area contributed by atoms with Gasteiger partial charge in [-0.25, -0.2) is 9.59 Å². The minimum atomic E-state index is -1.01. The predicted molar refractivity (Wildman–Crippen MR) is 67.4 cm³/mol. The van der Waals surface area contributed by atoms with Crippen LogP contribution >= 0.6 is 0 Å².